The molecule has 0 fully saturated rings. The van der Waals surface area contributed by atoms with Crippen molar-refractivity contribution >= 4 is 10.9 Å². The Morgan fingerprint density at radius 3 is 2.71 bits per heavy atom. The summed E-state index contributed by atoms with van der Waals surface area (Å²) in [6.45, 7) is 0.135. The normalized spacial score (nSPS) is 12.6. The maximum Gasteiger partial charge on any atom is 0.231 e. The SMILES string of the molecule is N#Cc1cc2cc3c(cc2n(O)c1=N)OCO3. The van der Waals surface area contributed by atoms with E-state index in [-0.39, 0.29) is 17.8 Å². The Labute approximate surface area is 95.3 Å². The molecule has 6 heteroatoms. The number of aromatic nitrogens is 1. The van der Waals surface area contributed by atoms with Gasteiger partial charge in [-0.3, -0.25) is 5.41 Å². The van der Waals surface area contributed by atoms with Gasteiger partial charge >= 0.3 is 0 Å². The van der Waals surface area contributed by atoms with E-state index in [4.69, 9.17) is 20.1 Å². The van der Waals surface area contributed by atoms with Gasteiger partial charge in [-0.15, -0.1) is 0 Å². The standard InChI is InChI=1S/C11H7N3O3/c12-4-7-1-6-2-9-10(17-5-16-9)3-8(6)14(15)11(7)13/h1-3,13,15H,5H2. The lowest BCUT2D eigenvalue weighted by Gasteiger charge is -2.06. The first-order valence-corrected chi connectivity index (χ1v) is 4.84. The Balaban J connectivity index is 2.45. The zero-order valence-corrected chi connectivity index (χ0v) is 8.60. The van der Waals surface area contributed by atoms with Crippen molar-refractivity contribution < 1.29 is 14.7 Å². The average Bonchev–Trinajstić information content (AvgIpc) is 2.78. The molecule has 0 amide bonds. The molecule has 0 saturated carbocycles. The van der Waals surface area contributed by atoms with E-state index in [1.54, 1.807) is 12.1 Å². The van der Waals surface area contributed by atoms with Crippen molar-refractivity contribution in [1.82, 2.24) is 4.73 Å². The summed E-state index contributed by atoms with van der Waals surface area (Å²) in [4.78, 5) is 0. The van der Waals surface area contributed by atoms with Crippen LogP contribution in [0.5, 0.6) is 11.5 Å². The molecule has 2 N–H and O–H groups in total. The highest BCUT2D eigenvalue weighted by atomic mass is 16.7. The largest absolute Gasteiger partial charge is 0.454 e. The highest BCUT2D eigenvalue weighted by molar-refractivity contribution is 5.84. The third-order valence-corrected chi connectivity index (χ3v) is 2.64. The molecule has 1 aliphatic rings. The molecule has 17 heavy (non-hydrogen) atoms. The van der Waals surface area contributed by atoms with Crippen molar-refractivity contribution in [3.05, 3.63) is 29.3 Å². The Kier molecular flexibility index (Phi) is 1.77. The molecule has 1 aromatic carbocycles. The van der Waals surface area contributed by atoms with Crippen molar-refractivity contribution in [2.24, 2.45) is 0 Å². The third-order valence-electron chi connectivity index (χ3n) is 2.64. The minimum Gasteiger partial charge on any atom is -0.454 e. The van der Waals surface area contributed by atoms with Gasteiger partial charge in [0.25, 0.3) is 0 Å². The van der Waals surface area contributed by atoms with Crippen LogP contribution in [0.4, 0.5) is 0 Å². The zero-order valence-electron chi connectivity index (χ0n) is 8.60. The zero-order chi connectivity index (χ0) is 12.0. The van der Waals surface area contributed by atoms with Gasteiger partial charge in [0, 0.05) is 11.5 Å². The first-order valence-electron chi connectivity index (χ1n) is 4.84. The van der Waals surface area contributed by atoms with Crippen LogP contribution in [-0.2, 0) is 0 Å². The summed E-state index contributed by atoms with van der Waals surface area (Å²) in [5, 5.41) is 26.8. The molecule has 6 nitrogen and oxygen atoms in total. The lowest BCUT2D eigenvalue weighted by atomic mass is 10.1. The summed E-state index contributed by atoms with van der Waals surface area (Å²) in [6.07, 6.45) is 0. The van der Waals surface area contributed by atoms with E-state index in [0.29, 0.717) is 27.1 Å². The molecule has 1 aromatic heterocycles. The van der Waals surface area contributed by atoms with Gasteiger partial charge in [0.15, 0.2) is 17.0 Å². The van der Waals surface area contributed by atoms with Crippen LogP contribution >= 0.6 is 0 Å². The van der Waals surface area contributed by atoms with Gasteiger partial charge < -0.3 is 14.7 Å². The number of nitrogens with zero attached hydrogens (tertiary/aromatic N) is 2. The topological polar surface area (TPSA) is 91.3 Å². The monoisotopic (exact) mass is 229 g/mol. The van der Waals surface area contributed by atoms with Crippen LogP contribution in [0.1, 0.15) is 5.56 Å². The summed E-state index contributed by atoms with van der Waals surface area (Å²) in [6, 6.07) is 6.64. The predicted octanol–water partition coefficient (Wildman–Crippen LogP) is 0.958. The second-order valence-electron chi connectivity index (χ2n) is 3.59. The second kappa shape index (κ2) is 3.15. The van der Waals surface area contributed by atoms with Crippen LogP contribution in [0, 0.1) is 16.7 Å². The highest BCUT2D eigenvalue weighted by Crippen LogP contribution is 2.35. The number of benzene rings is 1. The number of hydrogen-bond acceptors (Lipinski definition) is 5. The van der Waals surface area contributed by atoms with E-state index in [0.717, 1.165) is 0 Å². The molecular weight excluding hydrogens is 222 g/mol. The van der Waals surface area contributed by atoms with Crippen LogP contribution in [0.15, 0.2) is 18.2 Å². The minimum absolute atomic E-state index is 0.0962. The molecule has 0 radical (unpaired) electrons. The van der Waals surface area contributed by atoms with E-state index in [9.17, 15) is 5.21 Å². The quantitative estimate of drug-likeness (QED) is 0.658. The molecule has 2 aromatic rings. The van der Waals surface area contributed by atoms with Gasteiger partial charge in [0.05, 0.1) is 11.1 Å². The molecule has 84 valence electrons. The van der Waals surface area contributed by atoms with E-state index in [1.165, 1.54) is 6.07 Å². The van der Waals surface area contributed by atoms with Gasteiger partial charge in [-0.05, 0) is 12.1 Å². The smallest absolute Gasteiger partial charge is 0.231 e. The second-order valence-corrected chi connectivity index (χ2v) is 3.59. The predicted molar refractivity (Wildman–Crippen MR) is 55.8 cm³/mol. The summed E-state index contributed by atoms with van der Waals surface area (Å²) in [7, 11) is 0. The number of ether oxygens (including phenoxy) is 2. The molecule has 0 bridgehead atoms. The lowest BCUT2D eigenvalue weighted by molar-refractivity contribution is 0.173. The fraction of sp³-hybridized carbons (Fsp3) is 0.0909. The number of rotatable bonds is 0. The number of nitrogens with one attached hydrogen (secondary N) is 1. The van der Waals surface area contributed by atoms with E-state index >= 15 is 0 Å². The van der Waals surface area contributed by atoms with Gasteiger partial charge in [-0.2, -0.15) is 9.99 Å². The van der Waals surface area contributed by atoms with Crippen LogP contribution in [0.25, 0.3) is 10.9 Å². The van der Waals surface area contributed by atoms with E-state index in [1.807, 2.05) is 6.07 Å². The molecule has 0 saturated heterocycles. The van der Waals surface area contributed by atoms with Crippen LogP contribution in [0.2, 0.25) is 0 Å². The molecule has 0 atom stereocenters. The first kappa shape index (κ1) is 9.54. The Morgan fingerprint density at radius 1 is 1.29 bits per heavy atom. The maximum atomic E-state index is 9.78. The van der Waals surface area contributed by atoms with Gasteiger partial charge in [0.1, 0.15) is 6.07 Å². The number of pyridine rings is 1. The van der Waals surface area contributed by atoms with Crippen LogP contribution in [-0.4, -0.2) is 16.7 Å². The van der Waals surface area contributed by atoms with Crippen molar-refractivity contribution in [3.63, 3.8) is 0 Å². The fourth-order valence-electron chi connectivity index (χ4n) is 1.79. The number of hydrogen-bond donors (Lipinski definition) is 2. The lowest BCUT2D eigenvalue weighted by Crippen LogP contribution is -2.20. The van der Waals surface area contributed by atoms with E-state index in [2.05, 4.69) is 0 Å². The van der Waals surface area contributed by atoms with Crippen LogP contribution < -0.4 is 15.0 Å². The Bertz CT molecular complexity index is 727. The molecular formula is C11H7N3O3. The highest BCUT2D eigenvalue weighted by Gasteiger charge is 2.16. The molecule has 0 aliphatic carbocycles. The molecule has 0 unspecified atom stereocenters. The van der Waals surface area contributed by atoms with Crippen molar-refractivity contribution in [2.45, 2.75) is 0 Å². The van der Waals surface area contributed by atoms with Gasteiger partial charge in [-0.1, -0.05) is 0 Å². The maximum absolute atomic E-state index is 9.78. The van der Waals surface area contributed by atoms with Gasteiger partial charge in [0.2, 0.25) is 6.79 Å². The molecule has 2 heterocycles. The molecule has 0 spiro atoms. The van der Waals surface area contributed by atoms with Gasteiger partial charge in [-0.25, -0.2) is 0 Å². The summed E-state index contributed by atoms with van der Waals surface area (Å²) >= 11 is 0. The van der Waals surface area contributed by atoms with Crippen molar-refractivity contribution in [2.75, 3.05) is 6.79 Å². The summed E-state index contributed by atoms with van der Waals surface area (Å²) in [5.74, 6) is 1.09. The van der Waals surface area contributed by atoms with Crippen molar-refractivity contribution in [1.29, 1.82) is 10.7 Å². The summed E-state index contributed by atoms with van der Waals surface area (Å²) < 4.78 is 11.1. The first-order chi connectivity index (χ1) is 8.20. The van der Waals surface area contributed by atoms with E-state index < -0.39 is 0 Å². The number of fused-ring (bicyclic) bond motifs is 2. The minimum atomic E-state index is -0.251. The molecule has 1 aliphatic heterocycles. The fourth-order valence-corrected chi connectivity index (χ4v) is 1.79. The third kappa shape index (κ3) is 1.23. The van der Waals surface area contributed by atoms with Crippen molar-refractivity contribution in [3.8, 4) is 17.6 Å². The summed E-state index contributed by atoms with van der Waals surface area (Å²) in [5.41, 5.74) is 0.246. The average molecular weight is 229 g/mol. The Hall–Kier alpha value is -2.68. The molecule has 3 rings (SSSR count). The van der Waals surface area contributed by atoms with Crippen LogP contribution in [0.3, 0.4) is 0 Å². The number of nitriles is 1. The Morgan fingerprint density at radius 2 is 2.00 bits per heavy atom.